The number of ether oxygens (including phenoxy) is 1. The van der Waals surface area contributed by atoms with Crippen LogP contribution in [0, 0.1) is 6.92 Å². The maximum absolute atomic E-state index is 5.58. The fraction of sp³-hybridized carbons (Fsp3) is 0.200. The molecule has 30 heavy (non-hydrogen) atoms. The van der Waals surface area contributed by atoms with Crippen LogP contribution < -0.4 is 4.74 Å². The molecule has 0 aliphatic heterocycles. The molecule has 0 amide bonds. The van der Waals surface area contributed by atoms with E-state index in [1.807, 2.05) is 30.3 Å². The lowest BCUT2D eigenvalue weighted by Gasteiger charge is -2.13. The predicted molar refractivity (Wildman–Crippen MR) is 123 cm³/mol. The minimum atomic E-state index is 0.806. The van der Waals surface area contributed by atoms with Gasteiger partial charge in [-0.1, -0.05) is 78.5 Å². The monoisotopic (exact) mass is 415 g/mol. The highest BCUT2D eigenvalue weighted by atomic mass is 32.2. The molecule has 0 radical (unpaired) electrons. The number of nitrogens with zero attached hydrogens (tertiary/aromatic N) is 3. The van der Waals surface area contributed by atoms with Gasteiger partial charge in [-0.3, -0.25) is 0 Å². The van der Waals surface area contributed by atoms with E-state index in [9.17, 15) is 0 Å². The van der Waals surface area contributed by atoms with Gasteiger partial charge in [-0.2, -0.15) is 0 Å². The summed E-state index contributed by atoms with van der Waals surface area (Å²) in [6, 6.07) is 27.0. The van der Waals surface area contributed by atoms with Gasteiger partial charge in [0.1, 0.15) is 5.75 Å². The van der Waals surface area contributed by atoms with Crippen LogP contribution in [0.5, 0.6) is 5.75 Å². The SMILES string of the molecule is COc1ccccc1-c1nnc(SCc2ccccc2C)n1CCc1ccccc1. The van der Waals surface area contributed by atoms with E-state index in [0.717, 1.165) is 41.0 Å². The van der Waals surface area contributed by atoms with Gasteiger partial charge in [-0.25, -0.2) is 0 Å². The summed E-state index contributed by atoms with van der Waals surface area (Å²) < 4.78 is 7.80. The minimum Gasteiger partial charge on any atom is -0.496 e. The molecule has 0 unspecified atom stereocenters. The Morgan fingerprint density at radius 1 is 0.867 bits per heavy atom. The van der Waals surface area contributed by atoms with Gasteiger partial charge in [-0.15, -0.1) is 10.2 Å². The third kappa shape index (κ3) is 4.57. The first-order chi connectivity index (χ1) is 14.8. The maximum atomic E-state index is 5.58. The molecule has 0 atom stereocenters. The lowest BCUT2D eigenvalue weighted by Crippen LogP contribution is -2.06. The number of para-hydroxylation sites is 1. The third-order valence-corrected chi connectivity index (χ3v) is 6.17. The average Bonchev–Trinajstić information content (AvgIpc) is 3.20. The molecule has 0 aliphatic rings. The van der Waals surface area contributed by atoms with Crippen LogP contribution in [0.15, 0.2) is 84.0 Å². The number of aryl methyl sites for hydroxylation is 2. The lowest BCUT2D eigenvalue weighted by atomic mass is 10.1. The summed E-state index contributed by atoms with van der Waals surface area (Å²) in [4.78, 5) is 0. The van der Waals surface area contributed by atoms with Crippen molar-refractivity contribution in [3.63, 3.8) is 0 Å². The van der Waals surface area contributed by atoms with Crippen molar-refractivity contribution < 1.29 is 4.74 Å². The molecule has 0 spiro atoms. The zero-order chi connectivity index (χ0) is 20.8. The van der Waals surface area contributed by atoms with Crippen molar-refractivity contribution in [2.24, 2.45) is 0 Å². The second-order valence-corrected chi connectivity index (χ2v) is 8.05. The van der Waals surface area contributed by atoms with Crippen molar-refractivity contribution in [2.75, 3.05) is 7.11 Å². The van der Waals surface area contributed by atoms with Gasteiger partial charge >= 0.3 is 0 Å². The highest BCUT2D eigenvalue weighted by molar-refractivity contribution is 7.98. The molecule has 0 aliphatic carbocycles. The molecule has 1 heterocycles. The highest BCUT2D eigenvalue weighted by Crippen LogP contribution is 2.32. The molecule has 152 valence electrons. The summed E-state index contributed by atoms with van der Waals surface area (Å²) in [6.07, 6.45) is 0.916. The Morgan fingerprint density at radius 3 is 2.40 bits per heavy atom. The van der Waals surface area contributed by atoms with Crippen molar-refractivity contribution in [3.8, 4) is 17.1 Å². The predicted octanol–water partition coefficient (Wildman–Crippen LogP) is 5.80. The Hall–Kier alpha value is -3.05. The smallest absolute Gasteiger partial charge is 0.191 e. The Morgan fingerprint density at radius 2 is 1.60 bits per heavy atom. The van der Waals surface area contributed by atoms with Gasteiger partial charge in [0.05, 0.1) is 12.7 Å². The van der Waals surface area contributed by atoms with E-state index in [-0.39, 0.29) is 0 Å². The van der Waals surface area contributed by atoms with Crippen LogP contribution in [-0.2, 0) is 18.7 Å². The molecule has 4 rings (SSSR count). The van der Waals surface area contributed by atoms with Crippen molar-refractivity contribution in [1.82, 2.24) is 14.8 Å². The Balaban J connectivity index is 1.65. The Bertz CT molecular complexity index is 1110. The summed E-state index contributed by atoms with van der Waals surface area (Å²) >= 11 is 1.73. The summed E-state index contributed by atoms with van der Waals surface area (Å²) in [7, 11) is 1.69. The van der Waals surface area contributed by atoms with Crippen LogP contribution in [-0.4, -0.2) is 21.9 Å². The van der Waals surface area contributed by atoms with Crippen LogP contribution in [0.1, 0.15) is 16.7 Å². The zero-order valence-corrected chi connectivity index (χ0v) is 18.1. The van der Waals surface area contributed by atoms with E-state index in [0.29, 0.717) is 0 Å². The molecule has 4 aromatic rings. The lowest BCUT2D eigenvalue weighted by molar-refractivity contribution is 0.415. The standard InChI is InChI=1S/C25H25N3OS/c1-19-10-6-7-13-21(19)18-30-25-27-26-24(22-14-8-9-15-23(22)29-2)28(25)17-16-20-11-4-3-5-12-20/h3-15H,16-18H2,1-2H3. The molecule has 0 saturated heterocycles. The summed E-state index contributed by atoms with van der Waals surface area (Å²) in [5, 5.41) is 10.0. The molecular weight excluding hydrogens is 390 g/mol. The first-order valence-corrected chi connectivity index (χ1v) is 11.0. The molecule has 0 N–H and O–H groups in total. The number of hydrogen-bond acceptors (Lipinski definition) is 4. The van der Waals surface area contributed by atoms with E-state index in [2.05, 4.69) is 70.2 Å². The first kappa shape index (κ1) is 20.2. The van der Waals surface area contributed by atoms with E-state index < -0.39 is 0 Å². The summed E-state index contributed by atoms with van der Waals surface area (Å²) in [5.74, 6) is 2.51. The number of aromatic nitrogens is 3. The van der Waals surface area contributed by atoms with E-state index in [4.69, 9.17) is 4.74 Å². The van der Waals surface area contributed by atoms with Crippen LogP contribution in [0.2, 0.25) is 0 Å². The van der Waals surface area contributed by atoms with Crippen LogP contribution in [0.4, 0.5) is 0 Å². The topological polar surface area (TPSA) is 39.9 Å². The molecule has 5 heteroatoms. The number of rotatable bonds is 8. The van der Waals surface area contributed by atoms with Crippen molar-refractivity contribution >= 4 is 11.8 Å². The second kappa shape index (κ2) is 9.63. The number of benzene rings is 3. The van der Waals surface area contributed by atoms with Gasteiger partial charge < -0.3 is 9.30 Å². The van der Waals surface area contributed by atoms with Gasteiger partial charge in [0, 0.05) is 12.3 Å². The summed E-state index contributed by atoms with van der Waals surface area (Å²) in [6.45, 7) is 2.96. The van der Waals surface area contributed by atoms with Crippen molar-refractivity contribution in [3.05, 3.63) is 95.6 Å². The Kier molecular flexibility index (Phi) is 6.50. The fourth-order valence-electron chi connectivity index (χ4n) is 3.43. The normalized spacial score (nSPS) is 10.9. The first-order valence-electron chi connectivity index (χ1n) is 10.0. The average molecular weight is 416 g/mol. The second-order valence-electron chi connectivity index (χ2n) is 7.11. The molecule has 1 aromatic heterocycles. The molecule has 4 nitrogen and oxygen atoms in total. The molecule has 0 fully saturated rings. The molecule has 0 bridgehead atoms. The van der Waals surface area contributed by atoms with E-state index in [1.165, 1.54) is 16.7 Å². The van der Waals surface area contributed by atoms with Crippen molar-refractivity contribution in [2.45, 2.75) is 30.8 Å². The van der Waals surface area contributed by atoms with Gasteiger partial charge in [0.25, 0.3) is 0 Å². The van der Waals surface area contributed by atoms with Crippen LogP contribution in [0.3, 0.4) is 0 Å². The number of thioether (sulfide) groups is 1. The fourth-order valence-corrected chi connectivity index (χ4v) is 4.47. The van der Waals surface area contributed by atoms with Gasteiger partial charge in [-0.05, 0) is 42.2 Å². The van der Waals surface area contributed by atoms with Gasteiger partial charge in [0.2, 0.25) is 0 Å². The zero-order valence-electron chi connectivity index (χ0n) is 17.3. The van der Waals surface area contributed by atoms with Crippen molar-refractivity contribution in [1.29, 1.82) is 0 Å². The van der Waals surface area contributed by atoms with E-state index >= 15 is 0 Å². The number of methoxy groups -OCH3 is 1. The Labute approximate surface area is 181 Å². The largest absolute Gasteiger partial charge is 0.496 e. The number of hydrogen-bond donors (Lipinski definition) is 0. The van der Waals surface area contributed by atoms with Gasteiger partial charge in [0.15, 0.2) is 11.0 Å². The maximum Gasteiger partial charge on any atom is 0.191 e. The minimum absolute atomic E-state index is 0.806. The van der Waals surface area contributed by atoms with Crippen LogP contribution in [0.25, 0.3) is 11.4 Å². The molecule has 0 saturated carbocycles. The van der Waals surface area contributed by atoms with Crippen LogP contribution >= 0.6 is 11.8 Å². The molecular formula is C25H25N3OS. The third-order valence-electron chi connectivity index (χ3n) is 5.15. The quantitative estimate of drug-likeness (QED) is 0.341. The highest BCUT2D eigenvalue weighted by Gasteiger charge is 2.17. The summed E-state index contributed by atoms with van der Waals surface area (Å²) in [5.41, 5.74) is 4.87. The molecule has 3 aromatic carbocycles. The van der Waals surface area contributed by atoms with E-state index in [1.54, 1.807) is 18.9 Å².